The first-order valence-corrected chi connectivity index (χ1v) is 13.1. The molecule has 194 valence electrons. The summed E-state index contributed by atoms with van der Waals surface area (Å²) in [5, 5.41) is 3.99. The highest BCUT2D eigenvalue weighted by molar-refractivity contribution is 7.09. The number of benzene rings is 1. The van der Waals surface area contributed by atoms with Crippen LogP contribution in [0, 0.1) is 0 Å². The van der Waals surface area contributed by atoms with Gasteiger partial charge in [0, 0.05) is 36.6 Å². The lowest BCUT2D eigenvalue weighted by molar-refractivity contribution is -0.126. The van der Waals surface area contributed by atoms with Gasteiger partial charge in [0.25, 0.3) is 11.8 Å². The standard InChI is InChI=1S/C27H27N7O3S/c28-21-22(25(29)35)33-38-24(21)27(37)34(15-16-5-3-11-30-14-16)23(26(36)32-19-7-1-2-8-19)18-9-10-20-17(13-18)6-4-12-31-20/h3-6,9-14,19,23H,1-2,7-8,15,28H2,(H2,29,35)(H,32,36). The fraction of sp³-hybridized carbons (Fsp3) is 0.259. The molecule has 3 heterocycles. The van der Waals surface area contributed by atoms with Crippen molar-refractivity contribution in [3.8, 4) is 0 Å². The van der Waals surface area contributed by atoms with Crippen LogP contribution in [0.2, 0.25) is 0 Å². The maximum atomic E-state index is 14.1. The van der Waals surface area contributed by atoms with E-state index in [1.54, 1.807) is 24.7 Å². The number of carbonyl (C=O) groups is 3. The molecule has 38 heavy (non-hydrogen) atoms. The predicted molar refractivity (Wildman–Crippen MR) is 144 cm³/mol. The number of fused-ring (bicyclic) bond motifs is 1. The number of amides is 3. The molecule has 1 saturated carbocycles. The molecular weight excluding hydrogens is 502 g/mol. The number of hydrogen-bond donors (Lipinski definition) is 3. The Balaban J connectivity index is 1.62. The number of hydrogen-bond acceptors (Lipinski definition) is 8. The second-order valence-corrected chi connectivity index (χ2v) is 10.1. The average Bonchev–Trinajstić information content (AvgIpc) is 3.58. The van der Waals surface area contributed by atoms with Crippen LogP contribution in [0.1, 0.15) is 63.0 Å². The molecule has 5 N–H and O–H groups in total. The quantitative estimate of drug-likeness (QED) is 0.316. The summed E-state index contributed by atoms with van der Waals surface area (Å²) in [5.41, 5.74) is 13.4. The summed E-state index contributed by atoms with van der Waals surface area (Å²) in [7, 11) is 0. The van der Waals surface area contributed by atoms with Crippen LogP contribution in [-0.4, -0.2) is 43.0 Å². The van der Waals surface area contributed by atoms with Crippen LogP contribution in [0.15, 0.2) is 61.1 Å². The lowest BCUT2D eigenvalue weighted by Crippen LogP contribution is -2.45. The molecule has 0 radical (unpaired) electrons. The summed E-state index contributed by atoms with van der Waals surface area (Å²) in [5.74, 6) is -1.65. The van der Waals surface area contributed by atoms with Gasteiger partial charge in [0.05, 0.1) is 11.2 Å². The van der Waals surface area contributed by atoms with E-state index in [0.29, 0.717) is 5.56 Å². The number of anilines is 1. The van der Waals surface area contributed by atoms with Gasteiger partial charge < -0.3 is 21.7 Å². The van der Waals surface area contributed by atoms with Crippen molar-refractivity contribution in [3.63, 3.8) is 0 Å². The van der Waals surface area contributed by atoms with Crippen molar-refractivity contribution >= 4 is 45.8 Å². The van der Waals surface area contributed by atoms with Crippen molar-refractivity contribution < 1.29 is 14.4 Å². The molecule has 1 aliphatic carbocycles. The van der Waals surface area contributed by atoms with Gasteiger partial charge in [0.1, 0.15) is 10.9 Å². The number of nitrogens with one attached hydrogen (secondary N) is 1. The summed E-state index contributed by atoms with van der Waals surface area (Å²) in [6, 6.07) is 11.9. The molecule has 10 nitrogen and oxygen atoms in total. The maximum absolute atomic E-state index is 14.1. The van der Waals surface area contributed by atoms with Crippen LogP contribution >= 0.6 is 11.5 Å². The number of aromatic nitrogens is 3. The molecule has 1 fully saturated rings. The van der Waals surface area contributed by atoms with Crippen LogP contribution in [0.4, 0.5) is 5.69 Å². The normalized spacial score (nSPS) is 14.3. The Labute approximate surface area is 223 Å². The lowest BCUT2D eigenvalue weighted by atomic mass is 10.00. The third-order valence-electron chi connectivity index (χ3n) is 6.70. The minimum atomic E-state index is -0.994. The Morgan fingerprint density at radius 1 is 1.11 bits per heavy atom. The lowest BCUT2D eigenvalue weighted by Gasteiger charge is -2.32. The molecule has 5 rings (SSSR count). The minimum Gasteiger partial charge on any atom is -0.395 e. The minimum absolute atomic E-state index is 0.0393. The van der Waals surface area contributed by atoms with E-state index in [4.69, 9.17) is 11.5 Å². The van der Waals surface area contributed by atoms with E-state index in [2.05, 4.69) is 19.7 Å². The van der Waals surface area contributed by atoms with Gasteiger partial charge in [-0.05, 0) is 59.8 Å². The fourth-order valence-corrected chi connectivity index (χ4v) is 5.58. The molecule has 1 aromatic carbocycles. The Kier molecular flexibility index (Phi) is 7.27. The van der Waals surface area contributed by atoms with E-state index in [1.807, 2.05) is 36.4 Å². The Morgan fingerprint density at radius 2 is 1.89 bits per heavy atom. The van der Waals surface area contributed by atoms with Crippen LogP contribution in [-0.2, 0) is 11.3 Å². The van der Waals surface area contributed by atoms with E-state index >= 15 is 0 Å². The van der Waals surface area contributed by atoms with E-state index in [0.717, 1.165) is 53.7 Å². The first-order valence-electron chi connectivity index (χ1n) is 12.3. The predicted octanol–water partition coefficient (Wildman–Crippen LogP) is 3.21. The number of nitrogens with zero attached hydrogens (tertiary/aromatic N) is 4. The second-order valence-electron chi connectivity index (χ2n) is 9.28. The third-order valence-corrected chi connectivity index (χ3v) is 7.55. The molecule has 0 bridgehead atoms. The maximum Gasteiger partial charge on any atom is 0.270 e. The number of pyridine rings is 2. The highest BCUT2D eigenvalue weighted by atomic mass is 32.1. The third kappa shape index (κ3) is 5.18. The van der Waals surface area contributed by atoms with E-state index in [1.165, 1.54) is 4.90 Å². The average molecular weight is 530 g/mol. The summed E-state index contributed by atoms with van der Waals surface area (Å²) in [4.78, 5) is 49.9. The van der Waals surface area contributed by atoms with Gasteiger partial charge in [0.2, 0.25) is 5.91 Å². The highest BCUT2D eigenvalue weighted by Gasteiger charge is 2.36. The summed E-state index contributed by atoms with van der Waals surface area (Å²) < 4.78 is 4.00. The number of primary amides is 1. The zero-order chi connectivity index (χ0) is 26.6. The first-order chi connectivity index (χ1) is 18.4. The van der Waals surface area contributed by atoms with Crippen LogP contribution in [0.3, 0.4) is 0 Å². The molecule has 1 aliphatic rings. The number of nitrogens with two attached hydrogens (primary N) is 2. The van der Waals surface area contributed by atoms with Crippen LogP contribution in [0.5, 0.6) is 0 Å². The molecular formula is C27H27N7O3S. The first kappa shape index (κ1) is 25.3. The van der Waals surface area contributed by atoms with E-state index in [9.17, 15) is 14.4 Å². The van der Waals surface area contributed by atoms with Crippen molar-refractivity contribution in [2.75, 3.05) is 5.73 Å². The smallest absolute Gasteiger partial charge is 0.270 e. The molecule has 1 unspecified atom stereocenters. The molecule has 11 heteroatoms. The Hall–Kier alpha value is -4.38. The highest BCUT2D eigenvalue weighted by Crippen LogP contribution is 2.32. The van der Waals surface area contributed by atoms with Gasteiger partial charge in [-0.15, -0.1) is 0 Å². The summed E-state index contributed by atoms with van der Waals surface area (Å²) >= 11 is 0.787. The monoisotopic (exact) mass is 529 g/mol. The van der Waals surface area contributed by atoms with Gasteiger partial charge >= 0.3 is 0 Å². The van der Waals surface area contributed by atoms with Gasteiger partial charge in [-0.25, -0.2) is 0 Å². The molecule has 1 atom stereocenters. The van der Waals surface area contributed by atoms with Gasteiger partial charge in [-0.2, -0.15) is 4.37 Å². The molecule has 3 aromatic heterocycles. The van der Waals surface area contributed by atoms with Gasteiger partial charge in [-0.1, -0.05) is 31.0 Å². The van der Waals surface area contributed by atoms with Crippen LogP contribution in [0.25, 0.3) is 10.9 Å². The molecule has 0 spiro atoms. The number of carbonyl (C=O) groups excluding carboxylic acids is 3. The van der Waals surface area contributed by atoms with Gasteiger partial charge in [-0.3, -0.25) is 24.4 Å². The van der Waals surface area contributed by atoms with Crippen molar-refractivity contribution in [1.29, 1.82) is 0 Å². The van der Waals surface area contributed by atoms with Crippen LogP contribution < -0.4 is 16.8 Å². The Bertz CT molecular complexity index is 1480. The molecule has 0 aliphatic heterocycles. The molecule has 4 aromatic rings. The van der Waals surface area contributed by atoms with E-state index < -0.39 is 17.9 Å². The van der Waals surface area contributed by atoms with Crippen molar-refractivity contribution in [2.45, 2.75) is 44.3 Å². The van der Waals surface area contributed by atoms with Crippen molar-refractivity contribution in [2.24, 2.45) is 5.73 Å². The second kappa shape index (κ2) is 10.9. The van der Waals surface area contributed by atoms with E-state index in [-0.39, 0.29) is 34.8 Å². The summed E-state index contributed by atoms with van der Waals surface area (Å²) in [6.45, 7) is 0.0732. The molecule has 0 saturated heterocycles. The topological polar surface area (TPSA) is 157 Å². The van der Waals surface area contributed by atoms with Gasteiger partial charge in [0.15, 0.2) is 5.69 Å². The summed E-state index contributed by atoms with van der Waals surface area (Å²) in [6.07, 6.45) is 8.85. The van der Waals surface area contributed by atoms with Crippen molar-refractivity contribution in [1.82, 2.24) is 24.6 Å². The number of rotatable bonds is 8. The Morgan fingerprint density at radius 3 is 2.61 bits per heavy atom. The van der Waals surface area contributed by atoms with Crippen molar-refractivity contribution in [3.05, 3.63) is 82.8 Å². The fourth-order valence-electron chi connectivity index (χ4n) is 4.82. The SMILES string of the molecule is NC(=O)c1nsc(C(=O)N(Cc2cccnc2)C(C(=O)NC2CCCC2)c2ccc3ncccc3c2)c1N. The number of nitrogen functional groups attached to an aromatic ring is 1. The zero-order valence-corrected chi connectivity index (χ0v) is 21.4. The zero-order valence-electron chi connectivity index (χ0n) is 20.5. The largest absolute Gasteiger partial charge is 0.395 e. The molecule has 3 amide bonds.